The van der Waals surface area contributed by atoms with Gasteiger partial charge < -0.3 is 10.8 Å². The van der Waals surface area contributed by atoms with E-state index in [0.717, 1.165) is 29.7 Å². The molecule has 0 aliphatic carbocycles. The lowest BCUT2D eigenvalue weighted by atomic mass is 9.99. The highest BCUT2D eigenvalue weighted by Crippen LogP contribution is 2.33. The summed E-state index contributed by atoms with van der Waals surface area (Å²) in [4.78, 5) is 12.3. The SMILES string of the molecule is CCc1sc(N)c(C(=O)O)c1CCC(C)C. The molecule has 0 aromatic carbocycles. The molecule has 1 aromatic heterocycles. The fourth-order valence-corrected chi connectivity index (χ4v) is 2.80. The number of hydrogen-bond donors (Lipinski definition) is 2. The van der Waals surface area contributed by atoms with Crippen LogP contribution in [0, 0.1) is 5.92 Å². The number of carboxylic acids is 1. The maximum Gasteiger partial charge on any atom is 0.338 e. The molecule has 1 heterocycles. The molecule has 90 valence electrons. The molecular weight excluding hydrogens is 222 g/mol. The van der Waals surface area contributed by atoms with Crippen LogP contribution >= 0.6 is 11.3 Å². The van der Waals surface area contributed by atoms with Gasteiger partial charge in [0.2, 0.25) is 0 Å². The summed E-state index contributed by atoms with van der Waals surface area (Å²) < 4.78 is 0. The van der Waals surface area contributed by atoms with Crippen molar-refractivity contribution < 1.29 is 9.90 Å². The largest absolute Gasteiger partial charge is 0.478 e. The minimum atomic E-state index is -0.896. The summed E-state index contributed by atoms with van der Waals surface area (Å²) in [7, 11) is 0. The van der Waals surface area contributed by atoms with Crippen LogP contribution in [0.2, 0.25) is 0 Å². The first kappa shape index (κ1) is 13.0. The number of anilines is 1. The van der Waals surface area contributed by atoms with E-state index in [1.807, 2.05) is 6.92 Å². The number of rotatable bonds is 5. The van der Waals surface area contributed by atoms with E-state index in [2.05, 4.69) is 13.8 Å². The van der Waals surface area contributed by atoms with Gasteiger partial charge in [-0.05, 0) is 30.7 Å². The Morgan fingerprint density at radius 3 is 2.56 bits per heavy atom. The van der Waals surface area contributed by atoms with Crippen LogP contribution in [0.25, 0.3) is 0 Å². The van der Waals surface area contributed by atoms with Gasteiger partial charge in [0.1, 0.15) is 5.00 Å². The number of aryl methyl sites for hydroxylation is 1. The highest BCUT2D eigenvalue weighted by atomic mass is 32.1. The summed E-state index contributed by atoms with van der Waals surface area (Å²) in [6.45, 7) is 6.32. The second-order valence-electron chi connectivity index (χ2n) is 4.33. The first-order valence-corrected chi connectivity index (χ1v) is 6.42. The van der Waals surface area contributed by atoms with Crippen LogP contribution in [-0.4, -0.2) is 11.1 Å². The fourth-order valence-electron chi connectivity index (χ4n) is 1.75. The van der Waals surface area contributed by atoms with Crippen molar-refractivity contribution in [2.75, 3.05) is 5.73 Å². The molecule has 0 unspecified atom stereocenters. The van der Waals surface area contributed by atoms with Crippen molar-refractivity contribution in [2.24, 2.45) is 5.92 Å². The van der Waals surface area contributed by atoms with Crippen LogP contribution in [0.1, 0.15) is 48.0 Å². The standard InChI is InChI=1S/C12H19NO2S/c1-4-9-8(6-5-7(2)3)10(12(14)15)11(13)16-9/h7H,4-6,13H2,1-3H3,(H,14,15). The zero-order valence-electron chi connectivity index (χ0n) is 10.0. The molecule has 0 spiro atoms. The van der Waals surface area contributed by atoms with Gasteiger partial charge in [0.05, 0.1) is 5.56 Å². The second kappa shape index (κ2) is 5.34. The highest BCUT2D eigenvalue weighted by Gasteiger charge is 2.20. The number of nitrogen functional groups attached to an aromatic ring is 1. The molecule has 1 rings (SSSR count). The van der Waals surface area contributed by atoms with Crippen LogP contribution in [-0.2, 0) is 12.8 Å². The average Bonchev–Trinajstić information content (AvgIpc) is 2.51. The number of carbonyl (C=O) groups is 1. The van der Waals surface area contributed by atoms with Gasteiger partial charge in [-0.1, -0.05) is 20.8 Å². The van der Waals surface area contributed by atoms with Gasteiger partial charge in [-0.3, -0.25) is 0 Å². The Morgan fingerprint density at radius 1 is 1.50 bits per heavy atom. The summed E-state index contributed by atoms with van der Waals surface area (Å²) in [6, 6.07) is 0. The molecule has 3 nitrogen and oxygen atoms in total. The predicted octanol–water partition coefficient (Wildman–Crippen LogP) is 3.18. The molecule has 4 heteroatoms. The second-order valence-corrected chi connectivity index (χ2v) is 5.47. The Labute approximate surface area is 100 Å². The topological polar surface area (TPSA) is 63.3 Å². The number of nitrogens with two attached hydrogens (primary N) is 1. The number of aromatic carboxylic acids is 1. The third-order valence-corrected chi connectivity index (χ3v) is 3.83. The van der Waals surface area contributed by atoms with E-state index in [1.165, 1.54) is 11.3 Å². The van der Waals surface area contributed by atoms with Gasteiger partial charge in [0, 0.05) is 4.88 Å². The summed E-state index contributed by atoms with van der Waals surface area (Å²) in [5.74, 6) is -0.320. The van der Waals surface area contributed by atoms with Gasteiger partial charge >= 0.3 is 5.97 Å². The van der Waals surface area contributed by atoms with Crippen molar-refractivity contribution in [3.63, 3.8) is 0 Å². The van der Waals surface area contributed by atoms with Gasteiger partial charge in [0.25, 0.3) is 0 Å². The van der Waals surface area contributed by atoms with Crippen molar-refractivity contribution in [1.29, 1.82) is 0 Å². The first-order chi connectivity index (χ1) is 7.47. The van der Waals surface area contributed by atoms with Gasteiger partial charge in [0.15, 0.2) is 0 Å². The zero-order valence-corrected chi connectivity index (χ0v) is 10.9. The molecule has 0 radical (unpaired) electrons. The highest BCUT2D eigenvalue weighted by molar-refractivity contribution is 7.16. The monoisotopic (exact) mass is 241 g/mol. The van der Waals surface area contributed by atoms with Crippen LogP contribution in [0.3, 0.4) is 0 Å². The molecule has 0 fully saturated rings. The van der Waals surface area contributed by atoms with Crippen molar-refractivity contribution in [3.8, 4) is 0 Å². The van der Waals surface area contributed by atoms with E-state index in [0.29, 0.717) is 16.5 Å². The molecule has 1 aromatic rings. The summed E-state index contributed by atoms with van der Waals surface area (Å²) >= 11 is 1.42. The van der Waals surface area contributed by atoms with Crippen molar-refractivity contribution >= 4 is 22.3 Å². The van der Waals surface area contributed by atoms with Crippen molar-refractivity contribution in [1.82, 2.24) is 0 Å². The minimum absolute atomic E-state index is 0.336. The van der Waals surface area contributed by atoms with Gasteiger partial charge in [-0.15, -0.1) is 11.3 Å². The van der Waals surface area contributed by atoms with Gasteiger partial charge in [-0.2, -0.15) is 0 Å². The maximum atomic E-state index is 11.1. The minimum Gasteiger partial charge on any atom is -0.478 e. The number of thiophene rings is 1. The third kappa shape index (κ3) is 2.76. The smallest absolute Gasteiger partial charge is 0.338 e. The molecule has 0 saturated carbocycles. The Balaban J connectivity index is 3.06. The Hall–Kier alpha value is -1.03. The van der Waals surface area contributed by atoms with E-state index in [4.69, 9.17) is 10.8 Å². The number of carboxylic acid groups (broad SMARTS) is 1. The molecule has 0 bridgehead atoms. The molecule has 0 aliphatic heterocycles. The normalized spacial score (nSPS) is 11.0. The lowest BCUT2D eigenvalue weighted by Gasteiger charge is -2.06. The Kier molecular flexibility index (Phi) is 4.35. The molecule has 0 aliphatic rings. The van der Waals surface area contributed by atoms with E-state index >= 15 is 0 Å². The number of hydrogen-bond acceptors (Lipinski definition) is 3. The molecule has 0 amide bonds. The molecular formula is C12H19NO2S. The predicted molar refractivity (Wildman–Crippen MR) is 68.2 cm³/mol. The van der Waals surface area contributed by atoms with E-state index in [-0.39, 0.29) is 0 Å². The quantitative estimate of drug-likeness (QED) is 0.832. The van der Waals surface area contributed by atoms with E-state index in [1.54, 1.807) is 0 Å². The Bertz CT molecular complexity index is 383. The third-order valence-electron chi connectivity index (χ3n) is 2.62. The van der Waals surface area contributed by atoms with Crippen molar-refractivity contribution in [2.45, 2.75) is 40.0 Å². The van der Waals surface area contributed by atoms with Crippen LogP contribution in [0.4, 0.5) is 5.00 Å². The van der Waals surface area contributed by atoms with E-state index < -0.39 is 5.97 Å². The first-order valence-electron chi connectivity index (χ1n) is 5.60. The average molecular weight is 241 g/mol. The molecule has 3 N–H and O–H groups in total. The molecule has 16 heavy (non-hydrogen) atoms. The maximum absolute atomic E-state index is 11.1. The fraction of sp³-hybridized carbons (Fsp3) is 0.583. The summed E-state index contributed by atoms with van der Waals surface area (Å²) in [6.07, 6.45) is 2.68. The van der Waals surface area contributed by atoms with Gasteiger partial charge in [-0.25, -0.2) is 4.79 Å². The lowest BCUT2D eigenvalue weighted by molar-refractivity contribution is 0.0697. The zero-order chi connectivity index (χ0) is 12.3. The molecule has 0 atom stereocenters. The summed E-state index contributed by atoms with van der Waals surface area (Å²) in [5.41, 5.74) is 7.05. The van der Waals surface area contributed by atoms with Crippen LogP contribution < -0.4 is 5.73 Å². The Morgan fingerprint density at radius 2 is 2.12 bits per heavy atom. The van der Waals surface area contributed by atoms with Crippen LogP contribution in [0.15, 0.2) is 0 Å². The summed E-state index contributed by atoms with van der Waals surface area (Å²) in [5, 5.41) is 9.59. The van der Waals surface area contributed by atoms with Crippen molar-refractivity contribution in [3.05, 3.63) is 16.0 Å². The van der Waals surface area contributed by atoms with Crippen LogP contribution in [0.5, 0.6) is 0 Å². The molecule has 0 saturated heterocycles. The lowest BCUT2D eigenvalue weighted by Crippen LogP contribution is -2.05. The van der Waals surface area contributed by atoms with E-state index in [9.17, 15) is 4.79 Å².